The van der Waals surface area contributed by atoms with Crippen molar-refractivity contribution in [3.63, 3.8) is 0 Å². The van der Waals surface area contributed by atoms with Crippen molar-refractivity contribution in [3.8, 4) is 12.1 Å². The SMILES string of the molecule is N#CC(C#N)=C(/C=C/c1ccccc1Cl)C1CC1. The summed E-state index contributed by atoms with van der Waals surface area (Å²) in [7, 11) is 0. The van der Waals surface area contributed by atoms with Crippen molar-refractivity contribution in [1.29, 1.82) is 10.5 Å². The molecule has 1 aromatic rings. The number of nitriles is 2. The van der Waals surface area contributed by atoms with Gasteiger partial charge in [0.15, 0.2) is 0 Å². The smallest absolute Gasteiger partial charge is 0.133 e. The number of allylic oxidation sites excluding steroid dienone is 3. The minimum Gasteiger partial charge on any atom is -0.192 e. The summed E-state index contributed by atoms with van der Waals surface area (Å²) < 4.78 is 0. The van der Waals surface area contributed by atoms with Gasteiger partial charge >= 0.3 is 0 Å². The van der Waals surface area contributed by atoms with E-state index in [1.165, 1.54) is 0 Å². The summed E-state index contributed by atoms with van der Waals surface area (Å²) in [5.41, 5.74) is 1.94. The predicted octanol–water partition coefficient (Wildman–Crippen LogP) is 4.11. The van der Waals surface area contributed by atoms with Gasteiger partial charge in [-0.15, -0.1) is 0 Å². The van der Waals surface area contributed by atoms with Crippen LogP contribution in [0.3, 0.4) is 0 Å². The van der Waals surface area contributed by atoms with Crippen LogP contribution in [0, 0.1) is 28.6 Å². The summed E-state index contributed by atoms with van der Waals surface area (Å²) in [4.78, 5) is 0. The second-order valence-electron chi connectivity index (χ2n) is 4.18. The van der Waals surface area contributed by atoms with E-state index in [2.05, 4.69) is 0 Å². The van der Waals surface area contributed by atoms with Crippen LogP contribution in [-0.2, 0) is 0 Å². The first-order chi connectivity index (χ1) is 8.76. The molecule has 2 rings (SSSR count). The average Bonchev–Trinajstić information content (AvgIpc) is 3.20. The number of halogens is 1. The van der Waals surface area contributed by atoms with Gasteiger partial charge in [0, 0.05) is 5.02 Å². The highest BCUT2D eigenvalue weighted by Crippen LogP contribution is 2.39. The number of hydrogen-bond acceptors (Lipinski definition) is 2. The molecule has 1 aliphatic rings. The Morgan fingerprint density at radius 1 is 1.22 bits per heavy atom. The second-order valence-corrected chi connectivity index (χ2v) is 4.59. The van der Waals surface area contributed by atoms with Gasteiger partial charge in [0.05, 0.1) is 0 Å². The van der Waals surface area contributed by atoms with Crippen LogP contribution in [0.1, 0.15) is 18.4 Å². The van der Waals surface area contributed by atoms with Crippen LogP contribution in [0.4, 0.5) is 0 Å². The van der Waals surface area contributed by atoms with Crippen molar-refractivity contribution in [2.75, 3.05) is 0 Å². The van der Waals surface area contributed by atoms with Crippen LogP contribution < -0.4 is 0 Å². The Morgan fingerprint density at radius 3 is 2.44 bits per heavy atom. The molecule has 18 heavy (non-hydrogen) atoms. The molecule has 0 aliphatic heterocycles. The zero-order chi connectivity index (χ0) is 13.0. The fourth-order valence-corrected chi connectivity index (χ4v) is 1.96. The lowest BCUT2D eigenvalue weighted by Gasteiger charge is -2.00. The Bertz CT molecular complexity index is 580. The van der Waals surface area contributed by atoms with E-state index in [9.17, 15) is 0 Å². The van der Waals surface area contributed by atoms with Crippen molar-refractivity contribution < 1.29 is 0 Å². The molecule has 0 amide bonds. The van der Waals surface area contributed by atoms with E-state index in [1.54, 1.807) is 0 Å². The first kappa shape index (κ1) is 12.4. The van der Waals surface area contributed by atoms with Crippen LogP contribution in [0.2, 0.25) is 5.02 Å². The highest BCUT2D eigenvalue weighted by molar-refractivity contribution is 6.32. The van der Waals surface area contributed by atoms with Crippen molar-refractivity contribution in [2.45, 2.75) is 12.8 Å². The number of rotatable bonds is 3. The van der Waals surface area contributed by atoms with Gasteiger partial charge in [-0.25, -0.2) is 0 Å². The van der Waals surface area contributed by atoms with E-state index in [0.717, 1.165) is 24.0 Å². The van der Waals surface area contributed by atoms with Gasteiger partial charge in [-0.05, 0) is 36.0 Å². The van der Waals surface area contributed by atoms with Crippen molar-refractivity contribution in [3.05, 3.63) is 52.1 Å². The molecule has 0 saturated heterocycles. The molecule has 1 aromatic carbocycles. The van der Waals surface area contributed by atoms with Crippen LogP contribution in [0.15, 0.2) is 41.5 Å². The summed E-state index contributed by atoms with van der Waals surface area (Å²) in [5.74, 6) is 0.359. The second kappa shape index (κ2) is 5.54. The quantitative estimate of drug-likeness (QED) is 0.602. The summed E-state index contributed by atoms with van der Waals surface area (Å²) in [5, 5.41) is 18.5. The monoisotopic (exact) mass is 254 g/mol. The third-order valence-corrected chi connectivity index (χ3v) is 3.22. The zero-order valence-corrected chi connectivity index (χ0v) is 10.5. The average molecular weight is 255 g/mol. The van der Waals surface area contributed by atoms with Crippen molar-refractivity contribution in [2.24, 2.45) is 5.92 Å². The van der Waals surface area contributed by atoms with Gasteiger partial charge < -0.3 is 0 Å². The van der Waals surface area contributed by atoms with E-state index in [4.69, 9.17) is 22.1 Å². The Balaban J connectivity index is 2.32. The molecule has 88 valence electrons. The van der Waals surface area contributed by atoms with Gasteiger partial charge in [0.2, 0.25) is 0 Å². The molecule has 0 heterocycles. The fraction of sp³-hybridized carbons (Fsp3) is 0.200. The predicted molar refractivity (Wildman–Crippen MR) is 71.5 cm³/mol. The van der Waals surface area contributed by atoms with E-state index in [0.29, 0.717) is 10.9 Å². The lowest BCUT2D eigenvalue weighted by Crippen LogP contribution is -1.87. The molecular weight excluding hydrogens is 244 g/mol. The number of hydrogen-bond donors (Lipinski definition) is 0. The third kappa shape index (κ3) is 2.80. The highest BCUT2D eigenvalue weighted by atomic mass is 35.5. The molecule has 0 bridgehead atoms. The molecule has 0 spiro atoms. The molecule has 1 fully saturated rings. The lowest BCUT2D eigenvalue weighted by atomic mass is 10.0. The van der Waals surface area contributed by atoms with E-state index in [-0.39, 0.29) is 5.57 Å². The Hall–Kier alpha value is -2.03. The fourth-order valence-electron chi connectivity index (χ4n) is 1.76. The summed E-state index contributed by atoms with van der Waals surface area (Å²) in [6.45, 7) is 0. The Morgan fingerprint density at radius 2 is 1.89 bits per heavy atom. The maximum Gasteiger partial charge on any atom is 0.133 e. The molecule has 1 saturated carbocycles. The molecule has 0 N–H and O–H groups in total. The van der Waals surface area contributed by atoms with Crippen LogP contribution in [0.25, 0.3) is 6.08 Å². The van der Waals surface area contributed by atoms with Gasteiger partial charge in [0.1, 0.15) is 17.7 Å². The maximum atomic E-state index is 8.93. The van der Waals surface area contributed by atoms with E-state index >= 15 is 0 Å². The molecule has 0 radical (unpaired) electrons. The number of benzene rings is 1. The summed E-state index contributed by atoms with van der Waals surface area (Å²) in [6, 6.07) is 11.4. The third-order valence-electron chi connectivity index (χ3n) is 2.88. The minimum absolute atomic E-state index is 0.209. The standard InChI is InChI=1S/C15H11ClN2/c16-15-4-2-1-3-12(15)7-8-14(11-5-6-11)13(9-17)10-18/h1-4,7-8,11H,5-6H2/b8-7+. The lowest BCUT2D eigenvalue weighted by molar-refractivity contribution is 1.04. The topological polar surface area (TPSA) is 47.6 Å². The van der Waals surface area contributed by atoms with Gasteiger partial charge in [-0.1, -0.05) is 42.0 Å². The normalized spacial score (nSPS) is 13.9. The summed E-state index contributed by atoms with van der Waals surface area (Å²) in [6.07, 6.45) is 5.81. The maximum absolute atomic E-state index is 8.93. The van der Waals surface area contributed by atoms with E-state index in [1.807, 2.05) is 48.6 Å². The Labute approximate surface area is 111 Å². The van der Waals surface area contributed by atoms with E-state index < -0.39 is 0 Å². The first-order valence-electron chi connectivity index (χ1n) is 5.73. The largest absolute Gasteiger partial charge is 0.192 e. The first-order valence-corrected chi connectivity index (χ1v) is 6.11. The molecular formula is C15H11ClN2. The molecule has 3 heteroatoms. The molecule has 2 nitrogen and oxygen atoms in total. The van der Waals surface area contributed by atoms with Crippen LogP contribution >= 0.6 is 11.6 Å². The number of nitrogens with zero attached hydrogens (tertiary/aromatic N) is 2. The van der Waals surface area contributed by atoms with Crippen molar-refractivity contribution >= 4 is 17.7 Å². The molecule has 0 atom stereocenters. The zero-order valence-electron chi connectivity index (χ0n) is 9.73. The highest BCUT2D eigenvalue weighted by Gasteiger charge is 2.27. The minimum atomic E-state index is 0.209. The molecule has 0 unspecified atom stereocenters. The molecule has 1 aliphatic carbocycles. The molecule has 0 aromatic heterocycles. The van der Waals surface area contributed by atoms with Gasteiger partial charge in [-0.2, -0.15) is 10.5 Å². The van der Waals surface area contributed by atoms with Gasteiger partial charge in [-0.3, -0.25) is 0 Å². The van der Waals surface area contributed by atoms with Crippen LogP contribution in [-0.4, -0.2) is 0 Å². The summed E-state index contributed by atoms with van der Waals surface area (Å²) >= 11 is 6.05. The Kier molecular flexibility index (Phi) is 3.82. The van der Waals surface area contributed by atoms with Gasteiger partial charge in [0.25, 0.3) is 0 Å². The van der Waals surface area contributed by atoms with Crippen LogP contribution in [0.5, 0.6) is 0 Å². The van der Waals surface area contributed by atoms with Crippen molar-refractivity contribution in [1.82, 2.24) is 0 Å².